The van der Waals surface area contributed by atoms with Crippen molar-refractivity contribution < 1.29 is 38.6 Å². The number of hydrogen-bond donors (Lipinski definition) is 3. The van der Waals surface area contributed by atoms with Crippen LogP contribution in [0.3, 0.4) is 0 Å². The molecule has 4 amide bonds. The van der Waals surface area contributed by atoms with Crippen LogP contribution >= 0.6 is 11.6 Å². The Hall–Kier alpha value is -4.74. The van der Waals surface area contributed by atoms with E-state index in [1.807, 2.05) is 0 Å². The minimum absolute atomic E-state index is 0.00291. The molecule has 10 nitrogen and oxygen atoms in total. The molecule has 2 aliphatic heterocycles. The van der Waals surface area contributed by atoms with Crippen LogP contribution < -0.4 is 10.2 Å². The number of nitrogens with one attached hydrogen (secondary N) is 1. The first-order valence-corrected chi connectivity index (χ1v) is 15.3. The van der Waals surface area contributed by atoms with Gasteiger partial charge in [-0.2, -0.15) is 10.1 Å². The van der Waals surface area contributed by atoms with E-state index in [9.17, 15) is 29.1 Å². The highest BCUT2D eigenvalue weighted by molar-refractivity contribution is 6.30. The SMILES string of the molecule is CCOc1cccc([C@H]2C3=CC[C@@H]4C(=O)N(O)C(=O)[C@@H]4[C@@H]3C[C@H]3C(=O)N(Nc4ccc(F)cc4)C(=O)[C@@]23c2ccc(Cl)cc2)c1O. The average Bonchev–Trinajstić information content (AvgIpc) is 3.40. The van der Waals surface area contributed by atoms with Gasteiger partial charge in [0.25, 0.3) is 23.6 Å². The molecule has 0 spiro atoms. The summed E-state index contributed by atoms with van der Waals surface area (Å²) in [5.74, 6) is -7.90. The molecule has 7 rings (SSSR count). The van der Waals surface area contributed by atoms with Gasteiger partial charge in [0.2, 0.25) is 0 Å². The van der Waals surface area contributed by atoms with E-state index in [0.29, 0.717) is 21.7 Å². The number of fused-ring (bicyclic) bond motifs is 4. The van der Waals surface area contributed by atoms with Gasteiger partial charge in [0.1, 0.15) is 5.82 Å². The summed E-state index contributed by atoms with van der Waals surface area (Å²) in [6.07, 6.45) is 1.91. The highest BCUT2D eigenvalue weighted by Crippen LogP contribution is 2.65. The van der Waals surface area contributed by atoms with E-state index >= 15 is 4.79 Å². The van der Waals surface area contributed by atoms with Crippen LogP contribution in [0.25, 0.3) is 0 Å². The Labute approximate surface area is 267 Å². The number of hydroxylamine groups is 2. The number of imide groups is 2. The topological polar surface area (TPSA) is 136 Å². The van der Waals surface area contributed by atoms with Gasteiger partial charge in [-0.05, 0) is 73.7 Å². The molecule has 3 aromatic rings. The van der Waals surface area contributed by atoms with Gasteiger partial charge >= 0.3 is 0 Å². The Morgan fingerprint density at radius 2 is 1.70 bits per heavy atom. The molecular weight excluding hydrogens is 617 g/mol. The van der Waals surface area contributed by atoms with Crippen molar-refractivity contribution in [3.8, 4) is 11.5 Å². The van der Waals surface area contributed by atoms with Crippen LogP contribution in [0.15, 0.2) is 78.4 Å². The van der Waals surface area contributed by atoms with E-state index in [1.54, 1.807) is 55.5 Å². The van der Waals surface area contributed by atoms with Crippen molar-refractivity contribution in [2.24, 2.45) is 23.7 Å². The van der Waals surface area contributed by atoms with Crippen LogP contribution in [0.1, 0.15) is 36.8 Å². The monoisotopic (exact) mass is 645 g/mol. The molecule has 6 atom stereocenters. The third kappa shape index (κ3) is 4.18. The molecule has 0 bridgehead atoms. The lowest BCUT2D eigenvalue weighted by Gasteiger charge is -2.50. The number of amides is 4. The molecule has 12 heteroatoms. The summed E-state index contributed by atoms with van der Waals surface area (Å²) in [5.41, 5.74) is 2.84. The van der Waals surface area contributed by atoms with Gasteiger partial charge in [-0.3, -0.25) is 29.8 Å². The summed E-state index contributed by atoms with van der Waals surface area (Å²) in [6.45, 7) is 2.01. The Balaban J connectivity index is 1.49. The van der Waals surface area contributed by atoms with E-state index in [2.05, 4.69) is 5.43 Å². The van der Waals surface area contributed by atoms with Gasteiger partial charge in [0.15, 0.2) is 11.5 Å². The molecule has 2 aliphatic carbocycles. The number of phenols is 1. The van der Waals surface area contributed by atoms with Crippen molar-refractivity contribution in [3.05, 3.63) is 100 Å². The number of anilines is 1. The second-order valence-electron chi connectivity index (χ2n) is 12.0. The number of para-hydroxylation sites is 1. The van der Waals surface area contributed by atoms with E-state index in [1.165, 1.54) is 24.3 Å². The smallest absolute Gasteiger partial charge is 0.260 e. The summed E-state index contributed by atoms with van der Waals surface area (Å²) >= 11 is 6.28. The third-order valence-electron chi connectivity index (χ3n) is 9.87. The van der Waals surface area contributed by atoms with Gasteiger partial charge in [-0.1, -0.05) is 47.5 Å². The molecule has 2 saturated heterocycles. The van der Waals surface area contributed by atoms with Crippen molar-refractivity contribution in [2.75, 3.05) is 12.0 Å². The van der Waals surface area contributed by atoms with Crippen molar-refractivity contribution in [1.82, 2.24) is 10.1 Å². The number of phenolic OH excluding ortho intramolecular Hbond substituents is 1. The molecule has 46 heavy (non-hydrogen) atoms. The van der Waals surface area contributed by atoms with E-state index in [4.69, 9.17) is 16.3 Å². The number of hydrogen-bond acceptors (Lipinski definition) is 8. The van der Waals surface area contributed by atoms with Crippen LogP contribution in [0, 0.1) is 29.5 Å². The predicted molar refractivity (Wildman–Crippen MR) is 162 cm³/mol. The summed E-state index contributed by atoms with van der Waals surface area (Å²) < 4.78 is 19.5. The minimum Gasteiger partial charge on any atom is -0.504 e. The zero-order valence-electron chi connectivity index (χ0n) is 24.5. The van der Waals surface area contributed by atoms with Gasteiger partial charge in [0, 0.05) is 16.5 Å². The first-order valence-electron chi connectivity index (χ1n) is 15.0. The molecule has 2 heterocycles. The third-order valence-corrected chi connectivity index (χ3v) is 10.1. The number of rotatable bonds is 6. The number of allylic oxidation sites excluding steroid dienone is 2. The second-order valence-corrected chi connectivity index (χ2v) is 12.4. The summed E-state index contributed by atoms with van der Waals surface area (Å²) in [6, 6.07) is 16.7. The fourth-order valence-corrected chi connectivity index (χ4v) is 8.15. The molecule has 236 valence electrons. The molecule has 3 aromatic carbocycles. The molecule has 3 N–H and O–H groups in total. The maximum Gasteiger partial charge on any atom is 0.260 e. The molecule has 0 unspecified atom stereocenters. The van der Waals surface area contributed by atoms with Gasteiger partial charge < -0.3 is 9.84 Å². The Morgan fingerprint density at radius 3 is 2.39 bits per heavy atom. The van der Waals surface area contributed by atoms with Crippen LogP contribution in [-0.2, 0) is 24.6 Å². The lowest BCUT2D eigenvalue weighted by atomic mass is 9.49. The van der Waals surface area contributed by atoms with E-state index in [0.717, 1.165) is 5.01 Å². The maximum atomic E-state index is 15.0. The molecule has 0 aromatic heterocycles. The van der Waals surface area contributed by atoms with Gasteiger partial charge in [0.05, 0.1) is 35.5 Å². The molecule has 1 saturated carbocycles. The summed E-state index contributed by atoms with van der Waals surface area (Å²) in [7, 11) is 0. The van der Waals surface area contributed by atoms with Crippen molar-refractivity contribution >= 4 is 40.9 Å². The molecule has 0 radical (unpaired) electrons. The predicted octanol–water partition coefficient (Wildman–Crippen LogP) is 4.96. The van der Waals surface area contributed by atoms with Crippen molar-refractivity contribution in [2.45, 2.75) is 31.1 Å². The normalized spacial score (nSPS) is 28.5. The minimum atomic E-state index is -1.66. The van der Waals surface area contributed by atoms with Crippen molar-refractivity contribution in [3.63, 3.8) is 0 Å². The Kier molecular flexibility index (Phi) is 7.13. The number of carbonyl (C=O) groups is 4. The Bertz CT molecular complexity index is 1810. The summed E-state index contributed by atoms with van der Waals surface area (Å²) in [4.78, 5) is 55.8. The van der Waals surface area contributed by atoms with Crippen LogP contribution in [0.2, 0.25) is 5.02 Å². The van der Waals surface area contributed by atoms with E-state index in [-0.39, 0.29) is 41.7 Å². The zero-order chi connectivity index (χ0) is 32.5. The number of hydrazine groups is 1. The fraction of sp³-hybridized carbons (Fsp3) is 0.294. The Morgan fingerprint density at radius 1 is 0.978 bits per heavy atom. The van der Waals surface area contributed by atoms with E-state index < -0.39 is 64.5 Å². The fourth-order valence-electron chi connectivity index (χ4n) is 8.03. The first-order chi connectivity index (χ1) is 22.1. The second kappa shape index (κ2) is 11.0. The lowest BCUT2D eigenvalue weighted by molar-refractivity contribution is -0.173. The van der Waals surface area contributed by atoms with Crippen molar-refractivity contribution in [1.29, 1.82) is 0 Å². The van der Waals surface area contributed by atoms with Crippen LogP contribution in [-0.4, -0.2) is 50.6 Å². The largest absolute Gasteiger partial charge is 0.504 e. The highest BCUT2D eigenvalue weighted by atomic mass is 35.5. The van der Waals surface area contributed by atoms with Gasteiger partial charge in [-0.25, -0.2) is 4.39 Å². The zero-order valence-corrected chi connectivity index (χ0v) is 25.3. The number of halogens is 2. The maximum absolute atomic E-state index is 15.0. The molecule has 3 fully saturated rings. The summed E-state index contributed by atoms with van der Waals surface area (Å²) in [5, 5.41) is 23.5. The standard InChI is InChI=1S/C34H29ClFN3O7/c1-2-46-26-5-3-4-23(29(26)40)28-21-14-15-22-27(32(43)39(45)30(22)41)24(21)16-25-31(42)38(37-20-12-10-19(36)11-13-20)33(44)34(25,28)17-6-8-18(35)9-7-17/h3-14,22,24-25,27-28,37,40,45H,2,15-16H2,1H3/t22-,24+,25-,27-,28+,34+/m0/s1. The van der Waals surface area contributed by atoms with Gasteiger partial charge in [-0.15, -0.1) is 0 Å². The number of nitrogens with zero attached hydrogens (tertiary/aromatic N) is 2. The highest BCUT2D eigenvalue weighted by Gasteiger charge is 2.70. The quantitative estimate of drug-likeness (QED) is 0.195. The van der Waals surface area contributed by atoms with Crippen LogP contribution in [0.4, 0.5) is 10.1 Å². The lowest BCUT2D eigenvalue weighted by Crippen LogP contribution is -2.53. The molecule has 4 aliphatic rings. The number of carbonyl (C=O) groups excluding carboxylic acids is 4. The van der Waals surface area contributed by atoms with Crippen LogP contribution in [0.5, 0.6) is 11.5 Å². The number of aromatic hydroxyl groups is 1. The molecular formula is C34H29ClFN3O7. The number of ether oxygens (including phenoxy) is 1. The number of benzene rings is 3. The average molecular weight is 646 g/mol. The first kappa shape index (κ1) is 29.9.